The predicted octanol–water partition coefficient (Wildman–Crippen LogP) is 3.65. The normalized spacial score (nSPS) is 10.3. The summed E-state index contributed by atoms with van der Waals surface area (Å²) in [6.45, 7) is 0. The Balaban J connectivity index is 2.66. The van der Waals surface area contributed by atoms with E-state index in [0.717, 1.165) is 11.1 Å². The average Bonchev–Trinajstić information content (AvgIpc) is 2.32. The fraction of sp³-hybridized carbons (Fsp3) is 0.0833. The van der Waals surface area contributed by atoms with Crippen molar-refractivity contribution in [1.82, 2.24) is 4.98 Å². The van der Waals surface area contributed by atoms with Gasteiger partial charge in [0.05, 0.1) is 19.0 Å². The van der Waals surface area contributed by atoms with Gasteiger partial charge in [-0.1, -0.05) is 23.2 Å². The summed E-state index contributed by atoms with van der Waals surface area (Å²) in [7, 11) is 1.54. The van der Waals surface area contributed by atoms with E-state index in [1.165, 1.54) is 6.20 Å². The average molecular weight is 269 g/mol. The van der Waals surface area contributed by atoms with Crippen LogP contribution in [0.15, 0.2) is 30.5 Å². The number of rotatable bonds is 2. The number of pyridine rings is 1. The molecule has 0 saturated carbocycles. The third-order valence-electron chi connectivity index (χ3n) is 2.28. The first-order chi connectivity index (χ1) is 8.11. The molecule has 2 aromatic rings. The van der Waals surface area contributed by atoms with Crippen LogP contribution >= 0.6 is 23.2 Å². The van der Waals surface area contributed by atoms with Crippen LogP contribution in [0, 0.1) is 0 Å². The number of benzene rings is 1. The first-order valence-corrected chi connectivity index (χ1v) is 5.62. The molecule has 5 heteroatoms. The highest BCUT2D eigenvalue weighted by Gasteiger charge is 2.11. The monoisotopic (exact) mass is 268 g/mol. The first-order valence-electron chi connectivity index (χ1n) is 4.86. The molecule has 0 unspecified atom stereocenters. The topological polar surface area (TPSA) is 48.1 Å². The quantitative estimate of drug-likeness (QED) is 0.905. The SMILES string of the molecule is COc1ncc(N)cc1-c1cc(Cl)ccc1Cl. The Morgan fingerprint density at radius 1 is 1.18 bits per heavy atom. The Morgan fingerprint density at radius 2 is 1.94 bits per heavy atom. The maximum absolute atomic E-state index is 6.13. The van der Waals surface area contributed by atoms with Crippen molar-refractivity contribution < 1.29 is 4.74 Å². The van der Waals surface area contributed by atoms with E-state index in [1.54, 1.807) is 31.4 Å². The number of nitrogens with zero attached hydrogens (tertiary/aromatic N) is 1. The van der Waals surface area contributed by atoms with Gasteiger partial charge < -0.3 is 10.5 Å². The van der Waals surface area contributed by atoms with Gasteiger partial charge in [-0.25, -0.2) is 4.98 Å². The van der Waals surface area contributed by atoms with Gasteiger partial charge >= 0.3 is 0 Å². The first kappa shape index (κ1) is 12.0. The van der Waals surface area contributed by atoms with Gasteiger partial charge in [0.2, 0.25) is 5.88 Å². The van der Waals surface area contributed by atoms with Gasteiger partial charge in [-0.3, -0.25) is 0 Å². The maximum Gasteiger partial charge on any atom is 0.221 e. The molecule has 0 spiro atoms. The van der Waals surface area contributed by atoms with E-state index in [-0.39, 0.29) is 0 Å². The summed E-state index contributed by atoms with van der Waals surface area (Å²) in [5, 5.41) is 1.16. The van der Waals surface area contributed by atoms with Crippen molar-refractivity contribution >= 4 is 28.9 Å². The Kier molecular flexibility index (Phi) is 3.41. The van der Waals surface area contributed by atoms with Crippen LogP contribution in [0.25, 0.3) is 11.1 Å². The number of nitrogen functional groups attached to an aromatic ring is 1. The fourth-order valence-electron chi connectivity index (χ4n) is 1.53. The molecule has 2 rings (SSSR count). The number of anilines is 1. The lowest BCUT2D eigenvalue weighted by Gasteiger charge is -2.10. The van der Waals surface area contributed by atoms with E-state index >= 15 is 0 Å². The maximum atomic E-state index is 6.13. The summed E-state index contributed by atoms with van der Waals surface area (Å²) in [4.78, 5) is 4.09. The highest BCUT2D eigenvalue weighted by Crippen LogP contribution is 2.36. The molecule has 1 aromatic carbocycles. The lowest BCUT2D eigenvalue weighted by atomic mass is 10.1. The minimum Gasteiger partial charge on any atom is -0.481 e. The van der Waals surface area contributed by atoms with Crippen molar-refractivity contribution in [3.05, 3.63) is 40.5 Å². The van der Waals surface area contributed by atoms with Crippen LogP contribution in [-0.4, -0.2) is 12.1 Å². The Labute approximate surface area is 109 Å². The second kappa shape index (κ2) is 4.82. The van der Waals surface area contributed by atoms with Crippen molar-refractivity contribution in [2.45, 2.75) is 0 Å². The molecule has 2 N–H and O–H groups in total. The third kappa shape index (κ3) is 2.46. The molecule has 3 nitrogen and oxygen atoms in total. The zero-order chi connectivity index (χ0) is 12.4. The number of hydrogen-bond donors (Lipinski definition) is 1. The van der Waals surface area contributed by atoms with Crippen LogP contribution < -0.4 is 10.5 Å². The molecule has 0 saturated heterocycles. The van der Waals surface area contributed by atoms with Crippen molar-refractivity contribution in [2.24, 2.45) is 0 Å². The van der Waals surface area contributed by atoms with Crippen molar-refractivity contribution in [3.8, 4) is 17.0 Å². The molecule has 0 bridgehead atoms. The lowest BCUT2D eigenvalue weighted by molar-refractivity contribution is 0.400. The molecule has 0 aliphatic heterocycles. The van der Waals surface area contributed by atoms with Gasteiger partial charge in [0.25, 0.3) is 0 Å². The number of hydrogen-bond acceptors (Lipinski definition) is 3. The van der Waals surface area contributed by atoms with E-state index in [1.807, 2.05) is 0 Å². The van der Waals surface area contributed by atoms with Crippen molar-refractivity contribution in [1.29, 1.82) is 0 Å². The second-order valence-corrected chi connectivity index (χ2v) is 4.29. The molecule has 1 aromatic heterocycles. The van der Waals surface area contributed by atoms with E-state index < -0.39 is 0 Å². The highest BCUT2D eigenvalue weighted by molar-refractivity contribution is 6.35. The molecule has 88 valence electrons. The third-order valence-corrected chi connectivity index (χ3v) is 2.85. The number of ether oxygens (including phenoxy) is 1. The van der Waals surface area contributed by atoms with Crippen LogP contribution in [0.3, 0.4) is 0 Å². The zero-order valence-electron chi connectivity index (χ0n) is 9.08. The van der Waals surface area contributed by atoms with Crippen molar-refractivity contribution in [3.63, 3.8) is 0 Å². The van der Waals surface area contributed by atoms with E-state index in [2.05, 4.69) is 4.98 Å². The van der Waals surface area contributed by atoms with Gasteiger partial charge in [0, 0.05) is 21.2 Å². The van der Waals surface area contributed by atoms with E-state index in [4.69, 9.17) is 33.7 Å². The summed E-state index contributed by atoms with van der Waals surface area (Å²) >= 11 is 12.1. The molecule has 0 aliphatic carbocycles. The Bertz CT molecular complexity index is 558. The summed E-state index contributed by atoms with van der Waals surface area (Å²) in [5.41, 5.74) is 7.72. The number of methoxy groups -OCH3 is 1. The van der Waals surface area contributed by atoms with Gasteiger partial charge in [-0.2, -0.15) is 0 Å². The molecule has 0 aliphatic rings. The second-order valence-electron chi connectivity index (χ2n) is 3.45. The Hall–Kier alpha value is -1.45. The van der Waals surface area contributed by atoms with Crippen molar-refractivity contribution in [2.75, 3.05) is 12.8 Å². The van der Waals surface area contributed by atoms with Gasteiger partial charge in [-0.05, 0) is 24.3 Å². The predicted molar refractivity (Wildman–Crippen MR) is 70.7 cm³/mol. The largest absolute Gasteiger partial charge is 0.481 e. The van der Waals surface area contributed by atoms with Gasteiger partial charge in [-0.15, -0.1) is 0 Å². The van der Waals surface area contributed by atoms with Crippen LogP contribution in [-0.2, 0) is 0 Å². The molecule has 0 radical (unpaired) electrons. The molecule has 0 fully saturated rings. The highest BCUT2D eigenvalue weighted by atomic mass is 35.5. The molecule has 17 heavy (non-hydrogen) atoms. The number of aromatic nitrogens is 1. The van der Waals surface area contributed by atoms with E-state index in [0.29, 0.717) is 21.6 Å². The molecule has 1 heterocycles. The fourth-order valence-corrected chi connectivity index (χ4v) is 1.92. The van der Waals surface area contributed by atoms with Gasteiger partial charge in [0.1, 0.15) is 0 Å². The molecule has 0 amide bonds. The van der Waals surface area contributed by atoms with Crippen LogP contribution in [0.1, 0.15) is 0 Å². The smallest absolute Gasteiger partial charge is 0.221 e. The molecule has 0 atom stereocenters. The summed E-state index contributed by atoms with van der Waals surface area (Å²) in [6.07, 6.45) is 1.53. The van der Waals surface area contributed by atoms with Crippen LogP contribution in [0.2, 0.25) is 10.0 Å². The number of nitrogens with two attached hydrogens (primary N) is 1. The zero-order valence-corrected chi connectivity index (χ0v) is 10.6. The van der Waals surface area contributed by atoms with Gasteiger partial charge in [0.15, 0.2) is 0 Å². The number of halogens is 2. The standard InChI is InChI=1S/C12H10Cl2N2O/c1-17-12-10(5-8(15)6-16-12)9-4-7(13)2-3-11(9)14/h2-6H,15H2,1H3. The molecular weight excluding hydrogens is 259 g/mol. The van der Waals surface area contributed by atoms with E-state index in [9.17, 15) is 0 Å². The summed E-state index contributed by atoms with van der Waals surface area (Å²) in [5.74, 6) is 0.461. The summed E-state index contributed by atoms with van der Waals surface area (Å²) < 4.78 is 5.18. The van der Waals surface area contributed by atoms with Crippen LogP contribution in [0.5, 0.6) is 5.88 Å². The minimum atomic E-state index is 0.461. The lowest BCUT2D eigenvalue weighted by Crippen LogP contribution is -1.95. The Morgan fingerprint density at radius 3 is 2.65 bits per heavy atom. The molecular formula is C12H10Cl2N2O. The van der Waals surface area contributed by atoms with Crippen LogP contribution in [0.4, 0.5) is 5.69 Å². The summed E-state index contributed by atoms with van der Waals surface area (Å²) in [6, 6.07) is 6.95. The minimum absolute atomic E-state index is 0.461.